The van der Waals surface area contributed by atoms with Crippen LogP contribution in [0.3, 0.4) is 0 Å². The van der Waals surface area contributed by atoms with Crippen LogP contribution < -0.4 is 5.32 Å². The Balaban J connectivity index is 2.12. The summed E-state index contributed by atoms with van der Waals surface area (Å²) in [5.74, 6) is 0.368. The molecule has 0 radical (unpaired) electrons. The second kappa shape index (κ2) is 6.84. The molecule has 3 nitrogen and oxygen atoms in total. The summed E-state index contributed by atoms with van der Waals surface area (Å²) in [6, 6.07) is 6.67. The molecule has 20 heavy (non-hydrogen) atoms. The normalized spacial score (nSPS) is 20.4. The van der Waals surface area contributed by atoms with Gasteiger partial charge in [0.05, 0.1) is 6.04 Å². The minimum absolute atomic E-state index is 0.134. The first-order valence-electron chi connectivity index (χ1n) is 7.37. The van der Waals surface area contributed by atoms with E-state index in [1.54, 1.807) is 12.1 Å². The lowest BCUT2D eigenvalue weighted by Gasteiger charge is -2.25. The van der Waals surface area contributed by atoms with Crippen LogP contribution in [0.1, 0.15) is 38.3 Å². The Labute approximate surface area is 120 Å². The third kappa shape index (κ3) is 3.57. The molecule has 4 heteroatoms. The lowest BCUT2D eigenvalue weighted by Crippen LogP contribution is -2.37. The summed E-state index contributed by atoms with van der Waals surface area (Å²) < 4.78 is 14.0. The van der Waals surface area contributed by atoms with Crippen LogP contribution in [0.25, 0.3) is 0 Å². The Morgan fingerprint density at radius 2 is 2.20 bits per heavy atom. The van der Waals surface area contributed by atoms with Crippen LogP contribution in [-0.2, 0) is 4.79 Å². The Bertz CT molecular complexity index is 464. The Hall–Kier alpha value is -1.42. The van der Waals surface area contributed by atoms with Crippen molar-refractivity contribution in [1.82, 2.24) is 10.2 Å². The van der Waals surface area contributed by atoms with Gasteiger partial charge in [-0.15, -0.1) is 0 Å². The number of nitrogens with one attached hydrogen (secondary N) is 1. The van der Waals surface area contributed by atoms with Crippen molar-refractivity contribution in [2.45, 2.75) is 32.7 Å². The molecule has 1 saturated heterocycles. The topological polar surface area (TPSA) is 32.3 Å². The molecule has 1 fully saturated rings. The van der Waals surface area contributed by atoms with Crippen molar-refractivity contribution < 1.29 is 9.18 Å². The maximum atomic E-state index is 14.0. The number of nitrogens with zero attached hydrogens (tertiary/aromatic N) is 1. The van der Waals surface area contributed by atoms with Gasteiger partial charge in [-0.25, -0.2) is 4.39 Å². The van der Waals surface area contributed by atoms with Gasteiger partial charge < -0.3 is 10.2 Å². The number of carbonyl (C=O) groups is 1. The molecule has 0 aromatic heterocycles. The number of carbonyl (C=O) groups excluding carboxylic acids is 1. The fourth-order valence-electron chi connectivity index (χ4n) is 2.72. The Kier molecular flexibility index (Phi) is 5.12. The van der Waals surface area contributed by atoms with Gasteiger partial charge in [0.1, 0.15) is 5.82 Å². The van der Waals surface area contributed by atoms with Crippen molar-refractivity contribution in [2.24, 2.45) is 5.92 Å². The molecule has 1 aliphatic rings. The van der Waals surface area contributed by atoms with Crippen molar-refractivity contribution in [1.29, 1.82) is 0 Å². The van der Waals surface area contributed by atoms with Gasteiger partial charge in [0, 0.05) is 25.1 Å². The van der Waals surface area contributed by atoms with Crippen LogP contribution in [0.15, 0.2) is 24.3 Å². The maximum Gasteiger partial charge on any atom is 0.222 e. The Morgan fingerprint density at radius 3 is 2.80 bits per heavy atom. The summed E-state index contributed by atoms with van der Waals surface area (Å²) in [7, 11) is 0. The summed E-state index contributed by atoms with van der Waals surface area (Å²) in [4.78, 5) is 13.8. The van der Waals surface area contributed by atoms with Crippen LogP contribution >= 0.6 is 0 Å². The zero-order valence-corrected chi connectivity index (χ0v) is 12.2. The van der Waals surface area contributed by atoms with E-state index in [1.165, 1.54) is 6.07 Å². The van der Waals surface area contributed by atoms with Gasteiger partial charge in [-0.1, -0.05) is 32.0 Å². The van der Waals surface area contributed by atoms with Crippen molar-refractivity contribution in [3.63, 3.8) is 0 Å². The van der Waals surface area contributed by atoms with Gasteiger partial charge in [0.25, 0.3) is 0 Å². The molecule has 1 N–H and O–H groups in total. The molecular weight excluding hydrogens is 255 g/mol. The van der Waals surface area contributed by atoms with Crippen LogP contribution in [0, 0.1) is 11.7 Å². The number of halogens is 1. The van der Waals surface area contributed by atoms with Gasteiger partial charge >= 0.3 is 0 Å². The second-order valence-corrected chi connectivity index (χ2v) is 5.64. The van der Waals surface area contributed by atoms with E-state index in [4.69, 9.17) is 0 Å². The van der Waals surface area contributed by atoms with E-state index < -0.39 is 0 Å². The highest BCUT2D eigenvalue weighted by atomic mass is 19.1. The van der Waals surface area contributed by atoms with Crippen LogP contribution in [0.5, 0.6) is 0 Å². The van der Waals surface area contributed by atoms with E-state index in [1.807, 2.05) is 11.0 Å². The van der Waals surface area contributed by atoms with Crippen molar-refractivity contribution in [3.05, 3.63) is 35.6 Å². The number of rotatable bonds is 6. The molecule has 1 aromatic rings. The molecule has 2 rings (SSSR count). The third-order valence-corrected chi connectivity index (χ3v) is 3.73. The van der Waals surface area contributed by atoms with Gasteiger partial charge in [-0.3, -0.25) is 4.79 Å². The largest absolute Gasteiger partial charge is 0.340 e. The van der Waals surface area contributed by atoms with Crippen molar-refractivity contribution in [2.75, 3.05) is 19.6 Å². The second-order valence-electron chi connectivity index (χ2n) is 5.64. The maximum absolute atomic E-state index is 14.0. The van der Waals surface area contributed by atoms with E-state index in [0.717, 1.165) is 19.5 Å². The summed E-state index contributed by atoms with van der Waals surface area (Å²) in [5.41, 5.74) is 0.647. The van der Waals surface area contributed by atoms with Gasteiger partial charge in [0.2, 0.25) is 5.91 Å². The van der Waals surface area contributed by atoms with Crippen molar-refractivity contribution >= 4 is 5.91 Å². The molecule has 0 aliphatic carbocycles. The molecule has 0 spiro atoms. The summed E-state index contributed by atoms with van der Waals surface area (Å²) >= 11 is 0. The SMILES string of the molecule is CCCNC(CN1CC(C)CC1=O)c1ccccc1F. The van der Waals surface area contributed by atoms with Crippen LogP contribution in [0.2, 0.25) is 0 Å². The summed E-state index contributed by atoms with van der Waals surface area (Å²) in [6.07, 6.45) is 1.59. The lowest BCUT2D eigenvalue weighted by atomic mass is 10.1. The quantitative estimate of drug-likeness (QED) is 0.868. The van der Waals surface area contributed by atoms with Gasteiger partial charge in [0.15, 0.2) is 0 Å². The Morgan fingerprint density at radius 1 is 1.45 bits per heavy atom. The minimum Gasteiger partial charge on any atom is -0.340 e. The van der Waals surface area contributed by atoms with Gasteiger partial charge in [-0.05, 0) is 24.9 Å². The average Bonchev–Trinajstić information content (AvgIpc) is 2.73. The number of hydrogen-bond donors (Lipinski definition) is 1. The first-order chi connectivity index (χ1) is 9.61. The zero-order chi connectivity index (χ0) is 14.5. The molecule has 1 amide bonds. The zero-order valence-electron chi connectivity index (χ0n) is 12.2. The fourth-order valence-corrected chi connectivity index (χ4v) is 2.72. The molecule has 1 aliphatic heterocycles. The highest BCUT2D eigenvalue weighted by Gasteiger charge is 2.29. The van der Waals surface area contributed by atoms with E-state index in [2.05, 4.69) is 19.2 Å². The highest BCUT2D eigenvalue weighted by molar-refractivity contribution is 5.78. The molecule has 0 bridgehead atoms. The van der Waals surface area contributed by atoms with E-state index in [9.17, 15) is 9.18 Å². The summed E-state index contributed by atoms with van der Waals surface area (Å²) in [6.45, 7) is 6.29. The predicted molar refractivity (Wildman–Crippen MR) is 77.8 cm³/mol. The molecule has 2 unspecified atom stereocenters. The van der Waals surface area contributed by atoms with E-state index >= 15 is 0 Å². The monoisotopic (exact) mass is 278 g/mol. The first-order valence-corrected chi connectivity index (χ1v) is 7.37. The smallest absolute Gasteiger partial charge is 0.222 e. The number of likely N-dealkylation sites (tertiary alicyclic amines) is 1. The fraction of sp³-hybridized carbons (Fsp3) is 0.562. The van der Waals surface area contributed by atoms with Crippen molar-refractivity contribution in [3.8, 4) is 0 Å². The molecule has 110 valence electrons. The molecule has 1 heterocycles. The predicted octanol–water partition coefficient (Wildman–Crippen LogP) is 2.73. The number of benzene rings is 1. The van der Waals surface area contributed by atoms with Crippen LogP contribution in [0.4, 0.5) is 4.39 Å². The molecular formula is C16H23FN2O. The lowest BCUT2D eigenvalue weighted by molar-refractivity contribution is -0.128. The van der Waals surface area contributed by atoms with E-state index in [-0.39, 0.29) is 17.8 Å². The molecule has 0 saturated carbocycles. The third-order valence-electron chi connectivity index (χ3n) is 3.73. The van der Waals surface area contributed by atoms with Gasteiger partial charge in [-0.2, -0.15) is 0 Å². The summed E-state index contributed by atoms with van der Waals surface area (Å²) in [5, 5.41) is 3.35. The minimum atomic E-state index is -0.208. The standard InChI is InChI=1S/C16H23FN2O/c1-3-8-18-15(13-6-4-5-7-14(13)17)11-19-10-12(2)9-16(19)20/h4-7,12,15,18H,3,8-11H2,1-2H3. The number of hydrogen-bond acceptors (Lipinski definition) is 2. The molecule has 2 atom stereocenters. The average molecular weight is 278 g/mol. The van der Waals surface area contributed by atoms with E-state index in [0.29, 0.717) is 24.4 Å². The highest BCUT2D eigenvalue weighted by Crippen LogP contribution is 2.23. The first kappa shape index (κ1) is 15.0. The number of amides is 1. The molecule has 1 aromatic carbocycles. The van der Waals surface area contributed by atoms with Crippen LogP contribution in [-0.4, -0.2) is 30.4 Å².